The van der Waals surface area contributed by atoms with Crippen LogP contribution in [0.25, 0.3) is 32.4 Å². The van der Waals surface area contributed by atoms with Crippen molar-refractivity contribution >= 4 is 56.4 Å². The Morgan fingerprint density at radius 1 is 1.00 bits per heavy atom. The van der Waals surface area contributed by atoms with E-state index in [0.29, 0.717) is 6.61 Å². The molecule has 0 bridgehead atoms. The highest BCUT2D eigenvalue weighted by atomic mass is 32.2. The number of aryl methyl sites for hydroxylation is 1. The highest BCUT2D eigenvalue weighted by Crippen LogP contribution is 2.36. The number of anilines is 2. The maximum Gasteiger partial charge on any atom is 0.161 e. The van der Waals surface area contributed by atoms with E-state index in [-0.39, 0.29) is 0 Å². The Morgan fingerprint density at radius 2 is 1.84 bits per heavy atom. The maximum absolute atomic E-state index is 5.28. The lowest BCUT2D eigenvalue weighted by atomic mass is 10.1. The van der Waals surface area contributed by atoms with Crippen molar-refractivity contribution in [1.82, 2.24) is 19.7 Å². The first-order chi connectivity index (χ1) is 18.2. The molecule has 4 aromatic heterocycles. The highest BCUT2D eigenvalue weighted by molar-refractivity contribution is 7.99. The molecule has 0 radical (unpaired) electrons. The molecule has 0 fully saturated rings. The van der Waals surface area contributed by atoms with E-state index in [2.05, 4.69) is 98.2 Å². The monoisotopic (exact) mass is 523 g/mol. The van der Waals surface area contributed by atoms with E-state index in [1.165, 1.54) is 10.5 Å². The van der Waals surface area contributed by atoms with Crippen molar-refractivity contribution in [2.75, 3.05) is 19.0 Å². The Morgan fingerprint density at radius 3 is 2.62 bits per heavy atom. The minimum Gasteiger partial charge on any atom is -0.383 e. The molecule has 6 rings (SSSR count). The fraction of sp³-hybridized carbons (Fsp3) is 0.138. The molecule has 0 atom stereocenters. The predicted molar refractivity (Wildman–Crippen MR) is 153 cm³/mol. The quantitative estimate of drug-likeness (QED) is 0.222. The fourth-order valence-corrected chi connectivity index (χ4v) is 6.23. The van der Waals surface area contributed by atoms with Crippen LogP contribution in [0.5, 0.6) is 0 Å². The van der Waals surface area contributed by atoms with E-state index in [1.807, 2.05) is 18.3 Å². The lowest BCUT2D eigenvalue weighted by Crippen LogP contribution is -2.03. The summed E-state index contributed by atoms with van der Waals surface area (Å²) in [6.45, 7) is 3.56. The number of thiophene rings is 1. The Bertz CT molecular complexity index is 1690. The van der Waals surface area contributed by atoms with Crippen molar-refractivity contribution in [3.63, 3.8) is 0 Å². The highest BCUT2D eigenvalue weighted by Gasteiger charge is 2.13. The molecule has 4 heterocycles. The second-order valence-electron chi connectivity index (χ2n) is 8.73. The van der Waals surface area contributed by atoms with E-state index >= 15 is 0 Å². The third kappa shape index (κ3) is 4.83. The van der Waals surface area contributed by atoms with Crippen LogP contribution < -0.4 is 5.32 Å². The minimum absolute atomic E-state index is 0.661. The number of pyridine rings is 1. The Balaban J connectivity index is 1.25. The van der Waals surface area contributed by atoms with Crippen LogP contribution >= 0.6 is 23.1 Å². The average Bonchev–Trinajstić information content (AvgIpc) is 3.55. The van der Waals surface area contributed by atoms with Crippen LogP contribution in [0.4, 0.5) is 11.5 Å². The molecule has 0 spiro atoms. The van der Waals surface area contributed by atoms with Gasteiger partial charge in [-0.05, 0) is 60.3 Å². The van der Waals surface area contributed by atoms with Gasteiger partial charge in [-0.15, -0.1) is 21.5 Å². The van der Waals surface area contributed by atoms with E-state index in [0.717, 1.165) is 55.3 Å². The van der Waals surface area contributed by atoms with Gasteiger partial charge in [-0.1, -0.05) is 36.0 Å². The number of aromatic nitrogens is 4. The van der Waals surface area contributed by atoms with Gasteiger partial charge >= 0.3 is 0 Å². The van der Waals surface area contributed by atoms with Crippen molar-refractivity contribution in [3.05, 3.63) is 90.1 Å². The molecule has 1 N–H and O–H groups in total. The van der Waals surface area contributed by atoms with Crippen LogP contribution in [0.3, 0.4) is 0 Å². The predicted octanol–water partition coefficient (Wildman–Crippen LogP) is 7.56. The number of methoxy groups -OCH3 is 1. The molecule has 8 heteroatoms. The first kappa shape index (κ1) is 23.7. The number of nitrogens with one attached hydrogen (secondary N) is 1. The summed E-state index contributed by atoms with van der Waals surface area (Å²) in [4.78, 5) is 7.98. The molecule has 0 saturated heterocycles. The molecule has 2 aromatic carbocycles. The lowest BCUT2D eigenvalue weighted by Gasteiger charge is -2.12. The van der Waals surface area contributed by atoms with E-state index in [1.54, 1.807) is 30.2 Å². The van der Waals surface area contributed by atoms with Gasteiger partial charge in [0.25, 0.3) is 0 Å². The molecule has 37 heavy (non-hydrogen) atoms. The number of nitrogens with zero attached hydrogens (tertiary/aromatic N) is 4. The molecular weight excluding hydrogens is 498 g/mol. The first-order valence-electron chi connectivity index (χ1n) is 12.0. The summed E-state index contributed by atoms with van der Waals surface area (Å²) in [5.74, 6) is 0.750. The van der Waals surface area contributed by atoms with Gasteiger partial charge in [-0.3, -0.25) is 4.98 Å². The molecule has 0 aliphatic rings. The molecule has 6 aromatic rings. The topological polar surface area (TPSA) is 64.9 Å². The van der Waals surface area contributed by atoms with Crippen molar-refractivity contribution in [2.24, 2.45) is 0 Å². The summed E-state index contributed by atoms with van der Waals surface area (Å²) < 4.78 is 7.48. The van der Waals surface area contributed by atoms with Crippen molar-refractivity contribution in [1.29, 1.82) is 0 Å². The molecular formula is C29H25N5OS2. The van der Waals surface area contributed by atoms with Crippen molar-refractivity contribution in [3.8, 4) is 10.6 Å². The standard InChI is InChI=1S/C29H25N5OS2/c1-19-17-26(36-18-19)27-22-5-3-4-6-23(22)29(33-32-27)31-20-7-9-21(10-8-20)37-25-11-13-30-24-12-14-34(28(24)25)15-16-35-2/h3-14,17-18H,15-16H2,1-2H3,(H,31,33). The Hall–Kier alpha value is -3.72. The molecule has 0 aliphatic carbocycles. The fourth-order valence-electron chi connectivity index (χ4n) is 4.36. The van der Waals surface area contributed by atoms with Gasteiger partial charge in [0, 0.05) is 52.3 Å². The van der Waals surface area contributed by atoms with Crippen molar-refractivity contribution < 1.29 is 4.74 Å². The molecule has 184 valence electrons. The number of fused-ring (bicyclic) bond motifs is 2. The van der Waals surface area contributed by atoms with Crippen LogP contribution in [0.1, 0.15) is 5.56 Å². The van der Waals surface area contributed by atoms with Gasteiger partial charge in [-0.25, -0.2) is 0 Å². The van der Waals surface area contributed by atoms with Crippen molar-refractivity contribution in [2.45, 2.75) is 23.3 Å². The number of hydrogen-bond acceptors (Lipinski definition) is 7. The molecule has 0 unspecified atom stereocenters. The number of rotatable bonds is 8. The van der Waals surface area contributed by atoms with Crippen LogP contribution in [-0.2, 0) is 11.3 Å². The maximum atomic E-state index is 5.28. The normalized spacial score (nSPS) is 11.4. The largest absolute Gasteiger partial charge is 0.383 e. The summed E-state index contributed by atoms with van der Waals surface area (Å²) >= 11 is 3.43. The Labute approximate surface area is 223 Å². The van der Waals surface area contributed by atoms with Gasteiger partial charge in [0.15, 0.2) is 5.82 Å². The second kappa shape index (κ2) is 10.3. The number of ether oxygens (including phenoxy) is 1. The Kier molecular flexibility index (Phi) is 6.61. The van der Waals surface area contributed by atoms with E-state index in [4.69, 9.17) is 4.74 Å². The van der Waals surface area contributed by atoms with Gasteiger partial charge < -0.3 is 14.6 Å². The summed E-state index contributed by atoms with van der Waals surface area (Å²) in [6.07, 6.45) is 3.94. The van der Waals surface area contributed by atoms with E-state index < -0.39 is 0 Å². The average molecular weight is 524 g/mol. The van der Waals surface area contributed by atoms with E-state index in [9.17, 15) is 0 Å². The summed E-state index contributed by atoms with van der Waals surface area (Å²) in [5, 5.41) is 16.9. The van der Waals surface area contributed by atoms with Gasteiger partial charge in [0.05, 0.1) is 22.5 Å². The lowest BCUT2D eigenvalue weighted by molar-refractivity contribution is 0.188. The van der Waals surface area contributed by atoms with Gasteiger partial charge in [0.1, 0.15) is 5.69 Å². The molecule has 0 amide bonds. The van der Waals surface area contributed by atoms with Crippen LogP contribution in [0, 0.1) is 6.92 Å². The summed E-state index contributed by atoms with van der Waals surface area (Å²) in [5.41, 5.74) is 5.25. The smallest absolute Gasteiger partial charge is 0.161 e. The third-order valence-electron chi connectivity index (χ3n) is 6.15. The number of benzene rings is 2. The zero-order valence-electron chi connectivity index (χ0n) is 20.5. The van der Waals surface area contributed by atoms with Crippen LogP contribution in [0.2, 0.25) is 0 Å². The zero-order valence-corrected chi connectivity index (χ0v) is 22.1. The summed E-state index contributed by atoms with van der Waals surface area (Å²) in [6, 6.07) is 23.0. The zero-order chi connectivity index (χ0) is 25.2. The van der Waals surface area contributed by atoms with Gasteiger partial charge in [0.2, 0.25) is 0 Å². The SMILES string of the molecule is COCCn1ccc2nccc(Sc3ccc(Nc4nnc(-c5cc(C)cs5)c5ccccc45)cc3)c21. The minimum atomic E-state index is 0.661. The third-order valence-corrected chi connectivity index (χ3v) is 8.26. The molecule has 6 nitrogen and oxygen atoms in total. The summed E-state index contributed by atoms with van der Waals surface area (Å²) in [7, 11) is 1.72. The van der Waals surface area contributed by atoms with Crippen LogP contribution in [0.15, 0.2) is 94.3 Å². The second-order valence-corrected chi connectivity index (χ2v) is 10.8. The number of hydrogen-bond donors (Lipinski definition) is 1. The molecule has 0 saturated carbocycles. The molecule has 0 aliphatic heterocycles. The van der Waals surface area contributed by atoms with Crippen LogP contribution in [-0.4, -0.2) is 33.5 Å². The first-order valence-corrected chi connectivity index (χ1v) is 13.7. The van der Waals surface area contributed by atoms with Gasteiger partial charge in [-0.2, -0.15) is 0 Å².